The van der Waals surface area contributed by atoms with Crippen molar-refractivity contribution in [3.63, 3.8) is 0 Å². The van der Waals surface area contributed by atoms with E-state index in [1.54, 1.807) is 36.7 Å². The number of rotatable bonds is 6. The first-order chi connectivity index (χ1) is 12.3. The summed E-state index contributed by atoms with van der Waals surface area (Å²) in [5, 5.41) is 0. The van der Waals surface area contributed by atoms with E-state index in [-0.39, 0.29) is 35.3 Å². The molecule has 3 rings (SSSR count). The fourth-order valence-corrected chi connectivity index (χ4v) is 2.88. The first-order valence-corrected chi connectivity index (χ1v) is 8.99. The molecule has 2 heterocycles. The van der Waals surface area contributed by atoms with E-state index in [1.165, 1.54) is 13.8 Å². The summed E-state index contributed by atoms with van der Waals surface area (Å²) in [6.07, 6.45) is 5.44. The fraction of sp³-hybridized carbons (Fsp3) is 0.250. The van der Waals surface area contributed by atoms with Crippen LogP contribution in [0, 0.1) is 5.92 Å². The molecular weight excluding hydrogens is 399 g/mol. The number of halogens is 2. The summed E-state index contributed by atoms with van der Waals surface area (Å²) in [6.45, 7) is 2.76. The predicted octanol–water partition coefficient (Wildman–Crippen LogP) is 5.63. The highest BCUT2D eigenvalue weighted by molar-refractivity contribution is 9.10. The lowest BCUT2D eigenvalue weighted by Crippen LogP contribution is -2.19. The van der Waals surface area contributed by atoms with Gasteiger partial charge in [-0.25, -0.2) is 9.37 Å². The van der Waals surface area contributed by atoms with Gasteiger partial charge in [0, 0.05) is 40.9 Å². The second-order valence-electron chi connectivity index (χ2n) is 6.50. The van der Waals surface area contributed by atoms with Gasteiger partial charge in [-0.2, -0.15) is 0 Å². The van der Waals surface area contributed by atoms with Gasteiger partial charge in [0.15, 0.2) is 5.78 Å². The maximum absolute atomic E-state index is 14.7. The lowest BCUT2D eigenvalue weighted by molar-refractivity contribution is 0.0969. The Morgan fingerprint density at radius 1 is 1.23 bits per heavy atom. The number of aliphatic imine (C=N–C) groups is 1. The highest BCUT2D eigenvalue weighted by Crippen LogP contribution is 2.31. The SMILES string of the molecule is CC(C)(F)c1nc(Oc2ccc(Br)cc2)ccc1C(=O)CC1C=CN=C1. The number of nitrogens with zero attached hydrogens (tertiary/aromatic N) is 2. The second-order valence-corrected chi connectivity index (χ2v) is 7.42. The van der Waals surface area contributed by atoms with Crippen LogP contribution >= 0.6 is 15.9 Å². The number of ether oxygens (including phenoxy) is 1. The van der Waals surface area contributed by atoms with Crippen LogP contribution in [0.3, 0.4) is 0 Å². The zero-order valence-electron chi connectivity index (χ0n) is 14.4. The van der Waals surface area contributed by atoms with Gasteiger partial charge in [0.25, 0.3) is 0 Å². The summed E-state index contributed by atoms with van der Waals surface area (Å²) in [5.74, 6) is 0.592. The van der Waals surface area contributed by atoms with Crippen LogP contribution in [0.25, 0.3) is 0 Å². The Balaban J connectivity index is 1.87. The average Bonchev–Trinajstić information content (AvgIpc) is 3.09. The molecule has 1 aromatic carbocycles. The number of Topliss-reactive ketones (excluding diaryl/α,β-unsaturated/α-hetero) is 1. The van der Waals surface area contributed by atoms with Crippen molar-refractivity contribution < 1.29 is 13.9 Å². The normalized spacial score (nSPS) is 16.1. The van der Waals surface area contributed by atoms with Gasteiger partial charge in [0.05, 0.1) is 5.69 Å². The fourth-order valence-electron chi connectivity index (χ4n) is 2.61. The van der Waals surface area contributed by atoms with Gasteiger partial charge in [-0.15, -0.1) is 0 Å². The summed E-state index contributed by atoms with van der Waals surface area (Å²) in [7, 11) is 0. The molecule has 0 amide bonds. The Hall–Kier alpha value is -2.34. The molecule has 0 N–H and O–H groups in total. The molecule has 1 aliphatic heterocycles. The molecule has 0 saturated heterocycles. The minimum atomic E-state index is -1.77. The van der Waals surface area contributed by atoms with E-state index in [9.17, 15) is 9.18 Å². The van der Waals surface area contributed by atoms with Gasteiger partial charge in [-0.1, -0.05) is 22.0 Å². The highest BCUT2D eigenvalue weighted by atomic mass is 79.9. The standard InChI is InChI=1S/C20H18BrFN2O2/c1-20(2,22)19-16(17(25)11-13-9-10-23-12-13)7-8-18(24-19)26-15-5-3-14(21)4-6-15/h3-10,12-13H,11H2,1-2H3. The van der Waals surface area contributed by atoms with Crippen molar-refractivity contribution >= 4 is 27.9 Å². The number of hydrogen-bond acceptors (Lipinski definition) is 4. The zero-order chi connectivity index (χ0) is 18.7. The first kappa shape index (κ1) is 18.5. The minimum absolute atomic E-state index is 0.0586. The summed E-state index contributed by atoms with van der Waals surface area (Å²) < 4.78 is 21.3. The Kier molecular flexibility index (Phi) is 5.32. The maximum Gasteiger partial charge on any atom is 0.219 e. The van der Waals surface area contributed by atoms with Crippen molar-refractivity contribution in [2.45, 2.75) is 25.9 Å². The van der Waals surface area contributed by atoms with E-state index in [2.05, 4.69) is 25.9 Å². The third-order valence-electron chi connectivity index (χ3n) is 3.89. The molecule has 134 valence electrons. The van der Waals surface area contributed by atoms with Gasteiger partial charge >= 0.3 is 0 Å². The third kappa shape index (κ3) is 4.43. The van der Waals surface area contributed by atoms with Crippen LogP contribution in [-0.2, 0) is 5.67 Å². The predicted molar refractivity (Wildman–Crippen MR) is 103 cm³/mol. The van der Waals surface area contributed by atoms with E-state index in [1.807, 2.05) is 18.2 Å². The number of benzene rings is 1. The van der Waals surface area contributed by atoms with Gasteiger partial charge in [0.1, 0.15) is 11.4 Å². The summed E-state index contributed by atoms with van der Waals surface area (Å²) >= 11 is 3.36. The number of pyridine rings is 1. The molecule has 0 aliphatic carbocycles. The molecule has 4 nitrogen and oxygen atoms in total. The van der Waals surface area contributed by atoms with Crippen LogP contribution in [0.5, 0.6) is 11.6 Å². The maximum atomic E-state index is 14.7. The van der Waals surface area contributed by atoms with Gasteiger partial charge in [0.2, 0.25) is 5.88 Å². The van der Waals surface area contributed by atoms with Crippen LogP contribution in [0.2, 0.25) is 0 Å². The molecule has 0 fully saturated rings. The lowest BCUT2D eigenvalue weighted by Gasteiger charge is -2.19. The van der Waals surface area contributed by atoms with Crippen LogP contribution in [0.4, 0.5) is 4.39 Å². The van der Waals surface area contributed by atoms with E-state index >= 15 is 0 Å². The molecule has 1 unspecified atom stereocenters. The number of carbonyl (C=O) groups excluding carboxylic acids is 1. The number of carbonyl (C=O) groups is 1. The Morgan fingerprint density at radius 2 is 1.96 bits per heavy atom. The molecule has 26 heavy (non-hydrogen) atoms. The first-order valence-electron chi connectivity index (χ1n) is 8.20. The number of hydrogen-bond donors (Lipinski definition) is 0. The van der Waals surface area contributed by atoms with E-state index < -0.39 is 5.67 Å². The summed E-state index contributed by atoms with van der Waals surface area (Å²) in [4.78, 5) is 20.9. The molecule has 1 atom stereocenters. The lowest BCUT2D eigenvalue weighted by atomic mass is 9.93. The van der Waals surface area contributed by atoms with Crippen molar-refractivity contribution in [1.82, 2.24) is 4.98 Å². The molecule has 0 radical (unpaired) electrons. The van der Waals surface area contributed by atoms with Crippen molar-refractivity contribution in [3.05, 3.63) is 64.4 Å². The van der Waals surface area contributed by atoms with Crippen LogP contribution < -0.4 is 4.74 Å². The van der Waals surface area contributed by atoms with Gasteiger partial charge < -0.3 is 4.74 Å². The number of allylic oxidation sites excluding steroid dienone is 1. The van der Waals surface area contributed by atoms with Crippen molar-refractivity contribution in [2.24, 2.45) is 10.9 Å². The highest BCUT2D eigenvalue weighted by Gasteiger charge is 2.29. The zero-order valence-corrected chi connectivity index (χ0v) is 16.0. The molecule has 2 aromatic rings. The molecule has 0 saturated carbocycles. The van der Waals surface area contributed by atoms with E-state index in [0.29, 0.717) is 5.75 Å². The largest absolute Gasteiger partial charge is 0.439 e. The molecule has 1 aromatic heterocycles. The quantitative estimate of drug-likeness (QED) is 0.573. The second kappa shape index (κ2) is 7.50. The Labute approximate surface area is 160 Å². The van der Waals surface area contributed by atoms with E-state index in [0.717, 1.165) is 4.47 Å². The smallest absolute Gasteiger partial charge is 0.219 e. The van der Waals surface area contributed by atoms with Crippen LogP contribution in [0.1, 0.15) is 36.3 Å². The molecule has 6 heteroatoms. The Bertz CT molecular complexity index is 858. The average molecular weight is 417 g/mol. The molecule has 0 spiro atoms. The number of aromatic nitrogens is 1. The monoisotopic (exact) mass is 416 g/mol. The van der Waals surface area contributed by atoms with Crippen molar-refractivity contribution in [1.29, 1.82) is 0 Å². The van der Waals surface area contributed by atoms with E-state index in [4.69, 9.17) is 4.74 Å². The Morgan fingerprint density at radius 3 is 2.58 bits per heavy atom. The topological polar surface area (TPSA) is 51.5 Å². The molecule has 0 bridgehead atoms. The molecular formula is C20H18BrFN2O2. The third-order valence-corrected chi connectivity index (χ3v) is 4.42. The summed E-state index contributed by atoms with van der Waals surface area (Å²) in [6, 6.07) is 10.4. The van der Waals surface area contributed by atoms with Crippen LogP contribution in [0.15, 0.2) is 58.1 Å². The summed E-state index contributed by atoms with van der Waals surface area (Å²) in [5.41, 5.74) is -1.42. The van der Waals surface area contributed by atoms with Gasteiger partial charge in [-0.05, 0) is 44.2 Å². The minimum Gasteiger partial charge on any atom is -0.439 e. The van der Waals surface area contributed by atoms with Crippen molar-refractivity contribution in [2.75, 3.05) is 0 Å². The van der Waals surface area contributed by atoms with Crippen LogP contribution in [-0.4, -0.2) is 17.0 Å². The molecule has 1 aliphatic rings. The van der Waals surface area contributed by atoms with Crippen molar-refractivity contribution in [3.8, 4) is 11.6 Å². The van der Waals surface area contributed by atoms with Gasteiger partial charge in [-0.3, -0.25) is 9.79 Å². The number of ketones is 1. The number of alkyl halides is 1.